The Balaban J connectivity index is 2.64. The van der Waals surface area contributed by atoms with Gasteiger partial charge in [-0.1, -0.05) is 0 Å². The van der Waals surface area contributed by atoms with Crippen LogP contribution in [0.15, 0.2) is 6.07 Å². The van der Waals surface area contributed by atoms with Crippen molar-refractivity contribution in [3.63, 3.8) is 0 Å². The molecule has 1 aliphatic carbocycles. The molecule has 0 spiro atoms. The summed E-state index contributed by atoms with van der Waals surface area (Å²) >= 11 is 0. The van der Waals surface area contributed by atoms with Crippen LogP contribution in [0.2, 0.25) is 0 Å². The first-order valence-electron chi connectivity index (χ1n) is 5.48. The van der Waals surface area contributed by atoms with E-state index < -0.39 is 5.60 Å². The van der Waals surface area contributed by atoms with Crippen molar-refractivity contribution in [2.24, 2.45) is 0 Å². The summed E-state index contributed by atoms with van der Waals surface area (Å²) in [6.45, 7) is 4.02. The van der Waals surface area contributed by atoms with Crippen LogP contribution < -0.4 is 9.47 Å². The van der Waals surface area contributed by atoms with Gasteiger partial charge >= 0.3 is 0 Å². The average molecular weight is 222 g/mol. The van der Waals surface area contributed by atoms with Crippen molar-refractivity contribution < 1.29 is 14.6 Å². The van der Waals surface area contributed by atoms with E-state index in [1.54, 1.807) is 14.2 Å². The molecule has 1 aromatic rings. The van der Waals surface area contributed by atoms with Gasteiger partial charge in [0.2, 0.25) is 0 Å². The number of benzene rings is 1. The van der Waals surface area contributed by atoms with Crippen LogP contribution in [-0.2, 0) is 5.60 Å². The zero-order valence-electron chi connectivity index (χ0n) is 10.3. The number of ether oxygens (including phenoxy) is 2. The Morgan fingerprint density at radius 2 is 1.69 bits per heavy atom. The maximum Gasteiger partial charge on any atom is 0.167 e. The third kappa shape index (κ3) is 1.55. The van der Waals surface area contributed by atoms with E-state index >= 15 is 0 Å². The SMILES string of the molecule is COc1c(C2(O)CC2)cc(C)c(C)c1OC. The summed E-state index contributed by atoms with van der Waals surface area (Å²) in [6.07, 6.45) is 1.60. The Hall–Kier alpha value is -1.22. The van der Waals surface area contributed by atoms with Crippen LogP contribution in [0, 0.1) is 13.8 Å². The predicted octanol–water partition coefficient (Wildman–Crippen LogP) is 2.30. The summed E-state index contributed by atoms with van der Waals surface area (Å²) in [5.41, 5.74) is 2.34. The Morgan fingerprint density at radius 3 is 2.12 bits per heavy atom. The second kappa shape index (κ2) is 3.67. The van der Waals surface area contributed by atoms with Crippen LogP contribution in [-0.4, -0.2) is 19.3 Å². The molecule has 1 aliphatic rings. The number of hydrogen-bond donors (Lipinski definition) is 1. The lowest BCUT2D eigenvalue weighted by molar-refractivity contribution is 0.146. The van der Waals surface area contributed by atoms with Gasteiger partial charge in [-0.05, 0) is 43.9 Å². The van der Waals surface area contributed by atoms with E-state index in [0.717, 1.165) is 35.3 Å². The van der Waals surface area contributed by atoms with Gasteiger partial charge in [0.25, 0.3) is 0 Å². The molecule has 1 N–H and O–H groups in total. The second-order valence-electron chi connectivity index (χ2n) is 4.46. The van der Waals surface area contributed by atoms with E-state index in [4.69, 9.17) is 9.47 Å². The minimum atomic E-state index is -0.697. The molecule has 0 atom stereocenters. The fraction of sp³-hybridized carbons (Fsp3) is 0.538. The van der Waals surface area contributed by atoms with Crippen LogP contribution in [0.4, 0.5) is 0 Å². The largest absolute Gasteiger partial charge is 0.493 e. The third-order valence-corrected chi connectivity index (χ3v) is 3.38. The van der Waals surface area contributed by atoms with Crippen LogP contribution in [0.3, 0.4) is 0 Å². The van der Waals surface area contributed by atoms with E-state index in [2.05, 4.69) is 0 Å². The molecule has 16 heavy (non-hydrogen) atoms. The number of rotatable bonds is 3. The highest BCUT2D eigenvalue weighted by Gasteiger charge is 2.45. The highest BCUT2D eigenvalue weighted by Crippen LogP contribution is 2.52. The molecular weight excluding hydrogens is 204 g/mol. The fourth-order valence-corrected chi connectivity index (χ4v) is 2.04. The molecule has 1 fully saturated rings. The fourth-order valence-electron chi connectivity index (χ4n) is 2.04. The van der Waals surface area contributed by atoms with Crippen molar-refractivity contribution in [3.8, 4) is 11.5 Å². The van der Waals surface area contributed by atoms with Crippen LogP contribution in [0.5, 0.6) is 11.5 Å². The summed E-state index contributed by atoms with van der Waals surface area (Å²) in [5.74, 6) is 1.41. The summed E-state index contributed by atoms with van der Waals surface area (Å²) in [4.78, 5) is 0. The summed E-state index contributed by atoms with van der Waals surface area (Å²) in [7, 11) is 3.24. The molecule has 1 saturated carbocycles. The lowest BCUT2D eigenvalue weighted by Gasteiger charge is -2.19. The topological polar surface area (TPSA) is 38.7 Å². The summed E-state index contributed by atoms with van der Waals surface area (Å²) in [5, 5.41) is 10.2. The lowest BCUT2D eigenvalue weighted by atomic mass is 9.98. The molecule has 88 valence electrons. The van der Waals surface area contributed by atoms with Crippen molar-refractivity contribution in [1.82, 2.24) is 0 Å². The molecule has 0 amide bonds. The van der Waals surface area contributed by atoms with E-state index in [-0.39, 0.29) is 0 Å². The first-order chi connectivity index (χ1) is 7.53. The van der Waals surface area contributed by atoms with Crippen molar-refractivity contribution >= 4 is 0 Å². The summed E-state index contributed by atoms with van der Waals surface area (Å²) < 4.78 is 10.8. The number of aryl methyl sites for hydroxylation is 1. The lowest BCUT2D eigenvalue weighted by Crippen LogP contribution is -2.09. The Kier molecular flexibility index (Phi) is 2.58. The number of hydrogen-bond acceptors (Lipinski definition) is 3. The second-order valence-corrected chi connectivity index (χ2v) is 4.46. The average Bonchev–Trinajstić information content (AvgIpc) is 3.00. The van der Waals surface area contributed by atoms with Gasteiger partial charge < -0.3 is 14.6 Å². The standard InChI is InChI=1S/C13H18O3/c1-8-7-10(13(14)5-6-13)12(16-4)11(15-3)9(8)2/h7,14H,5-6H2,1-4H3. The number of aliphatic hydroxyl groups is 1. The van der Waals surface area contributed by atoms with Gasteiger partial charge in [-0.25, -0.2) is 0 Å². The van der Waals surface area contributed by atoms with E-state index in [9.17, 15) is 5.11 Å². The highest BCUT2D eigenvalue weighted by molar-refractivity contribution is 5.57. The maximum atomic E-state index is 10.2. The van der Waals surface area contributed by atoms with Crippen LogP contribution >= 0.6 is 0 Å². The number of methoxy groups -OCH3 is 2. The molecule has 0 heterocycles. The van der Waals surface area contributed by atoms with Gasteiger partial charge in [-0.3, -0.25) is 0 Å². The minimum Gasteiger partial charge on any atom is -0.493 e. The predicted molar refractivity (Wildman–Crippen MR) is 62.2 cm³/mol. The molecule has 0 saturated heterocycles. The normalized spacial score (nSPS) is 17.1. The van der Waals surface area contributed by atoms with Crippen LogP contribution in [0.25, 0.3) is 0 Å². The molecule has 0 radical (unpaired) electrons. The van der Waals surface area contributed by atoms with Crippen LogP contribution in [0.1, 0.15) is 29.5 Å². The van der Waals surface area contributed by atoms with Crippen molar-refractivity contribution in [1.29, 1.82) is 0 Å². The summed E-state index contributed by atoms with van der Waals surface area (Å²) in [6, 6.07) is 2.00. The first kappa shape index (κ1) is 11.3. The minimum absolute atomic E-state index is 0.672. The van der Waals surface area contributed by atoms with Gasteiger partial charge in [0.05, 0.1) is 19.8 Å². The molecule has 0 aromatic heterocycles. The maximum absolute atomic E-state index is 10.2. The Morgan fingerprint density at radius 1 is 1.12 bits per heavy atom. The first-order valence-corrected chi connectivity index (χ1v) is 5.48. The van der Waals surface area contributed by atoms with E-state index in [1.165, 1.54) is 0 Å². The Bertz CT molecular complexity index is 420. The Labute approximate surface area is 96.0 Å². The third-order valence-electron chi connectivity index (χ3n) is 3.38. The smallest absolute Gasteiger partial charge is 0.167 e. The van der Waals surface area contributed by atoms with Gasteiger partial charge in [0.15, 0.2) is 11.5 Å². The molecule has 2 rings (SSSR count). The van der Waals surface area contributed by atoms with Gasteiger partial charge in [-0.2, -0.15) is 0 Å². The quantitative estimate of drug-likeness (QED) is 0.852. The van der Waals surface area contributed by atoms with Crippen molar-refractivity contribution in [2.75, 3.05) is 14.2 Å². The molecule has 3 nitrogen and oxygen atoms in total. The zero-order valence-corrected chi connectivity index (χ0v) is 10.3. The monoisotopic (exact) mass is 222 g/mol. The molecule has 3 heteroatoms. The van der Waals surface area contributed by atoms with Gasteiger partial charge in [-0.15, -0.1) is 0 Å². The molecular formula is C13H18O3. The molecule has 1 aromatic carbocycles. The molecule has 0 unspecified atom stereocenters. The van der Waals surface area contributed by atoms with E-state index in [1.807, 2.05) is 19.9 Å². The molecule has 0 bridgehead atoms. The highest BCUT2D eigenvalue weighted by atomic mass is 16.5. The zero-order chi connectivity index (χ0) is 11.9. The molecule has 0 aliphatic heterocycles. The van der Waals surface area contributed by atoms with Gasteiger partial charge in [0.1, 0.15) is 0 Å². The van der Waals surface area contributed by atoms with E-state index in [0.29, 0.717) is 5.75 Å². The van der Waals surface area contributed by atoms with Crippen molar-refractivity contribution in [3.05, 3.63) is 22.8 Å². The van der Waals surface area contributed by atoms with Crippen molar-refractivity contribution in [2.45, 2.75) is 32.3 Å². The van der Waals surface area contributed by atoms with Gasteiger partial charge in [0, 0.05) is 5.56 Å².